The van der Waals surface area contributed by atoms with Crippen molar-refractivity contribution in [2.24, 2.45) is 0 Å². The molecule has 4 aromatic rings. The average molecular weight is 430 g/mol. The minimum atomic E-state index is -0.418. The highest BCUT2D eigenvalue weighted by atomic mass is 35.5. The number of benzene rings is 2. The zero-order valence-electron chi connectivity index (χ0n) is 16.8. The Hall–Kier alpha value is -3.90. The Kier molecular flexibility index (Phi) is 6.10. The molecule has 0 fully saturated rings. The van der Waals surface area contributed by atoms with Crippen LogP contribution in [0.1, 0.15) is 5.56 Å². The van der Waals surface area contributed by atoms with Gasteiger partial charge in [-0.05, 0) is 72.1 Å². The molecule has 0 saturated carbocycles. The number of para-hydroxylation sites is 1. The first kappa shape index (κ1) is 20.4. The third-order valence-electron chi connectivity index (χ3n) is 4.51. The highest BCUT2D eigenvalue weighted by Crippen LogP contribution is 2.25. The number of rotatable bonds is 5. The molecule has 3 N–H and O–H groups in total. The molecule has 2 aromatic heterocycles. The standard InChI is InChI=1S/C24H20ClN5O/c1-16-7-8-20(25)21(13-16)29-24(31)30-23-15-18(10-12-27-23)17-9-11-26-22(14-17)28-19-5-3-2-4-6-19/h2-15H,1H3,(H,26,28)(H2,27,29,30,31). The van der Waals surface area contributed by atoms with E-state index < -0.39 is 6.03 Å². The van der Waals surface area contributed by atoms with Gasteiger partial charge < -0.3 is 10.6 Å². The first-order chi connectivity index (χ1) is 15.1. The second kappa shape index (κ2) is 9.28. The number of hydrogen-bond acceptors (Lipinski definition) is 4. The number of aryl methyl sites for hydroxylation is 1. The summed E-state index contributed by atoms with van der Waals surface area (Å²) in [6.45, 7) is 1.93. The third-order valence-corrected chi connectivity index (χ3v) is 4.84. The van der Waals surface area contributed by atoms with Crippen LogP contribution in [0.4, 0.5) is 27.8 Å². The van der Waals surface area contributed by atoms with Gasteiger partial charge in [0.15, 0.2) is 0 Å². The number of pyridine rings is 2. The summed E-state index contributed by atoms with van der Waals surface area (Å²) in [5.41, 5.74) is 4.34. The Bertz CT molecular complexity index is 1210. The molecule has 0 aliphatic heterocycles. The number of urea groups is 1. The molecule has 7 heteroatoms. The maximum Gasteiger partial charge on any atom is 0.324 e. The summed E-state index contributed by atoms with van der Waals surface area (Å²) in [6.07, 6.45) is 3.38. The number of nitrogens with one attached hydrogen (secondary N) is 3. The van der Waals surface area contributed by atoms with Crippen molar-refractivity contribution in [3.63, 3.8) is 0 Å². The van der Waals surface area contributed by atoms with Crippen molar-refractivity contribution < 1.29 is 4.79 Å². The normalized spacial score (nSPS) is 10.4. The lowest BCUT2D eigenvalue weighted by atomic mass is 10.1. The van der Waals surface area contributed by atoms with Crippen molar-refractivity contribution in [3.8, 4) is 11.1 Å². The van der Waals surface area contributed by atoms with Gasteiger partial charge in [-0.25, -0.2) is 14.8 Å². The summed E-state index contributed by atoms with van der Waals surface area (Å²) in [7, 11) is 0. The van der Waals surface area contributed by atoms with Gasteiger partial charge in [0.2, 0.25) is 0 Å². The molecule has 0 radical (unpaired) electrons. The Morgan fingerprint density at radius 3 is 2.23 bits per heavy atom. The molecular formula is C24H20ClN5O. The van der Waals surface area contributed by atoms with E-state index in [4.69, 9.17) is 11.6 Å². The number of amides is 2. The SMILES string of the molecule is Cc1ccc(Cl)c(NC(=O)Nc2cc(-c3ccnc(Nc4ccccc4)c3)ccn2)c1. The minimum absolute atomic E-state index is 0.418. The third kappa shape index (κ3) is 5.38. The van der Waals surface area contributed by atoms with Gasteiger partial charge in [0.25, 0.3) is 0 Å². The zero-order chi connectivity index (χ0) is 21.6. The summed E-state index contributed by atoms with van der Waals surface area (Å²) >= 11 is 6.15. The van der Waals surface area contributed by atoms with E-state index in [2.05, 4.69) is 25.9 Å². The van der Waals surface area contributed by atoms with E-state index in [0.29, 0.717) is 16.5 Å². The van der Waals surface area contributed by atoms with Crippen molar-refractivity contribution in [2.75, 3.05) is 16.0 Å². The zero-order valence-corrected chi connectivity index (χ0v) is 17.5. The molecule has 0 aliphatic carbocycles. The van der Waals surface area contributed by atoms with Gasteiger partial charge in [-0.3, -0.25) is 5.32 Å². The summed E-state index contributed by atoms with van der Waals surface area (Å²) in [4.78, 5) is 21.0. The van der Waals surface area contributed by atoms with Crippen LogP contribution in [-0.4, -0.2) is 16.0 Å². The predicted octanol–water partition coefficient (Wildman–Crippen LogP) is 6.49. The van der Waals surface area contributed by atoms with Crippen LogP contribution in [-0.2, 0) is 0 Å². The van der Waals surface area contributed by atoms with E-state index in [-0.39, 0.29) is 0 Å². The Morgan fingerprint density at radius 1 is 0.806 bits per heavy atom. The Balaban J connectivity index is 1.49. The molecule has 2 aromatic carbocycles. The molecule has 2 heterocycles. The lowest BCUT2D eigenvalue weighted by Crippen LogP contribution is -2.20. The number of hydrogen-bond donors (Lipinski definition) is 3. The first-order valence-electron chi connectivity index (χ1n) is 9.65. The molecule has 0 bridgehead atoms. The van der Waals surface area contributed by atoms with Gasteiger partial charge in [-0.15, -0.1) is 0 Å². The fourth-order valence-corrected chi connectivity index (χ4v) is 3.20. The second-order valence-electron chi connectivity index (χ2n) is 6.91. The molecule has 0 spiro atoms. The van der Waals surface area contributed by atoms with Gasteiger partial charge >= 0.3 is 6.03 Å². The fraction of sp³-hybridized carbons (Fsp3) is 0.0417. The van der Waals surface area contributed by atoms with Crippen molar-refractivity contribution in [1.82, 2.24) is 9.97 Å². The second-order valence-corrected chi connectivity index (χ2v) is 7.32. The summed E-state index contributed by atoms with van der Waals surface area (Å²) in [6, 6.07) is 22.4. The van der Waals surface area contributed by atoms with E-state index in [1.54, 1.807) is 24.5 Å². The van der Waals surface area contributed by atoms with E-state index >= 15 is 0 Å². The average Bonchev–Trinajstić information content (AvgIpc) is 2.77. The van der Waals surface area contributed by atoms with Gasteiger partial charge in [-0.2, -0.15) is 0 Å². The quantitative estimate of drug-likeness (QED) is 0.338. The molecule has 6 nitrogen and oxygen atoms in total. The van der Waals surface area contributed by atoms with Crippen LogP contribution in [0.5, 0.6) is 0 Å². The van der Waals surface area contributed by atoms with E-state index in [1.807, 2.05) is 67.6 Å². The summed E-state index contributed by atoms with van der Waals surface area (Å²) < 4.78 is 0. The van der Waals surface area contributed by atoms with Gasteiger partial charge in [-0.1, -0.05) is 35.9 Å². The molecule has 31 heavy (non-hydrogen) atoms. The van der Waals surface area contributed by atoms with Crippen molar-refractivity contribution in [2.45, 2.75) is 6.92 Å². The summed E-state index contributed by atoms with van der Waals surface area (Å²) in [5, 5.41) is 9.25. The molecule has 0 atom stereocenters. The first-order valence-corrected chi connectivity index (χ1v) is 10.0. The number of carbonyl (C=O) groups is 1. The minimum Gasteiger partial charge on any atom is -0.340 e. The molecule has 4 rings (SSSR count). The van der Waals surface area contributed by atoms with Crippen LogP contribution in [0.3, 0.4) is 0 Å². The topological polar surface area (TPSA) is 78.9 Å². The van der Waals surface area contributed by atoms with Gasteiger partial charge in [0.05, 0.1) is 10.7 Å². The monoisotopic (exact) mass is 429 g/mol. The number of carbonyl (C=O) groups excluding carboxylic acids is 1. The molecule has 0 saturated heterocycles. The van der Waals surface area contributed by atoms with E-state index in [1.165, 1.54) is 0 Å². The van der Waals surface area contributed by atoms with Crippen LogP contribution < -0.4 is 16.0 Å². The van der Waals surface area contributed by atoms with Crippen LogP contribution in [0.15, 0.2) is 85.2 Å². The number of aromatic nitrogens is 2. The lowest BCUT2D eigenvalue weighted by molar-refractivity contribution is 0.262. The van der Waals surface area contributed by atoms with Crippen LogP contribution >= 0.6 is 11.6 Å². The molecule has 0 aliphatic rings. The fourth-order valence-electron chi connectivity index (χ4n) is 3.03. The Labute approximate surface area is 185 Å². The smallest absolute Gasteiger partial charge is 0.324 e. The molecular weight excluding hydrogens is 410 g/mol. The lowest BCUT2D eigenvalue weighted by Gasteiger charge is -2.11. The summed E-state index contributed by atoms with van der Waals surface area (Å²) in [5.74, 6) is 1.15. The predicted molar refractivity (Wildman–Crippen MR) is 126 cm³/mol. The van der Waals surface area contributed by atoms with Gasteiger partial charge in [0.1, 0.15) is 11.6 Å². The van der Waals surface area contributed by atoms with Crippen LogP contribution in [0, 0.1) is 6.92 Å². The van der Waals surface area contributed by atoms with E-state index in [0.717, 1.165) is 28.2 Å². The molecule has 0 unspecified atom stereocenters. The maximum absolute atomic E-state index is 12.4. The van der Waals surface area contributed by atoms with Crippen molar-refractivity contribution in [3.05, 3.63) is 95.8 Å². The maximum atomic E-state index is 12.4. The Morgan fingerprint density at radius 2 is 1.48 bits per heavy atom. The van der Waals surface area contributed by atoms with Gasteiger partial charge in [0, 0.05) is 18.1 Å². The number of nitrogens with zero attached hydrogens (tertiary/aromatic N) is 2. The highest BCUT2D eigenvalue weighted by molar-refractivity contribution is 6.33. The van der Waals surface area contributed by atoms with E-state index in [9.17, 15) is 4.79 Å². The van der Waals surface area contributed by atoms with Crippen molar-refractivity contribution in [1.29, 1.82) is 0 Å². The molecule has 154 valence electrons. The largest absolute Gasteiger partial charge is 0.340 e. The number of anilines is 4. The highest BCUT2D eigenvalue weighted by Gasteiger charge is 2.09. The van der Waals surface area contributed by atoms with Crippen molar-refractivity contribution >= 4 is 40.6 Å². The van der Waals surface area contributed by atoms with Crippen LogP contribution in [0.2, 0.25) is 5.02 Å². The molecule has 2 amide bonds. The number of halogens is 1. The van der Waals surface area contributed by atoms with Crippen LogP contribution in [0.25, 0.3) is 11.1 Å².